The lowest BCUT2D eigenvalue weighted by Crippen LogP contribution is -2.51. The third-order valence-corrected chi connectivity index (χ3v) is 4.45. The Labute approximate surface area is 133 Å². The number of likely N-dealkylation sites (N-methyl/N-ethyl adjacent to an activating group) is 1. The van der Waals surface area contributed by atoms with Crippen LogP contribution in [0.25, 0.3) is 0 Å². The first-order valence-electron chi connectivity index (χ1n) is 8.00. The SMILES string of the molecule is Cc1ccc(C(N)C(=O)NCC(C)N2CCN(C)CC2)cc1. The molecule has 1 aromatic rings. The highest BCUT2D eigenvalue weighted by Crippen LogP contribution is 2.11. The lowest BCUT2D eigenvalue weighted by Gasteiger charge is -2.36. The summed E-state index contributed by atoms with van der Waals surface area (Å²) in [5.74, 6) is -0.107. The van der Waals surface area contributed by atoms with Crippen molar-refractivity contribution in [2.24, 2.45) is 5.73 Å². The van der Waals surface area contributed by atoms with E-state index in [1.54, 1.807) is 0 Å². The molecule has 0 bridgehead atoms. The second-order valence-corrected chi connectivity index (χ2v) is 6.32. The van der Waals surface area contributed by atoms with Gasteiger partial charge >= 0.3 is 0 Å². The molecule has 2 rings (SSSR count). The van der Waals surface area contributed by atoms with Crippen molar-refractivity contribution in [3.05, 3.63) is 35.4 Å². The van der Waals surface area contributed by atoms with E-state index in [1.165, 1.54) is 5.56 Å². The van der Waals surface area contributed by atoms with E-state index < -0.39 is 6.04 Å². The Hall–Kier alpha value is -1.43. The molecule has 0 aromatic heterocycles. The number of hydrogen-bond donors (Lipinski definition) is 2. The minimum Gasteiger partial charge on any atom is -0.353 e. The monoisotopic (exact) mass is 304 g/mol. The number of benzene rings is 1. The van der Waals surface area contributed by atoms with Crippen LogP contribution in [-0.2, 0) is 4.79 Å². The maximum absolute atomic E-state index is 12.2. The highest BCUT2D eigenvalue weighted by atomic mass is 16.2. The van der Waals surface area contributed by atoms with Gasteiger partial charge in [-0.15, -0.1) is 0 Å². The van der Waals surface area contributed by atoms with Gasteiger partial charge in [-0.3, -0.25) is 9.69 Å². The molecule has 5 nitrogen and oxygen atoms in total. The van der Waals surface area contributed by atoms with Gasteiger partial charge in [-0.05, 0) is 26.5 Å². The fourth-order valence-electron chi connectivity index (χ4n) is 2.68. The number of amides is 1. The van der Waals surface area contributed by atoms with Crippen molar-refractivity contribution in [3.63, 3.8) is 0 Å². The molecule has 0 aliphatic carbocycles. The summed E-state index contributed by atoms with van der Waals surface area (Å²) < 4.78 is 0. The minimum absolute atomic E-state index is 0.107. The van der Waals surface area contributed by atoms with E-state index in [2.05, 4.69) is 29.1 Å². The summed E-state index contributed by atoms with van der Waals surface area (Å²) in [7, 11) is 2.14. The van der Waals surface area contributed by atoms with E-state index in [-0.39, 0.29) is 5.91 Å². The van der Waals surface area contributed by atoms with Gasteiger partial charge in [0.25, 0.3) is 0 Å². The molecule has 1 aromatic carbocycles. The third-order valence-electron chi connectivity index (χ3n) is 4.45. The molecule has 1 aliphatic heterocycles. The second-order valence-electron chi connectivity index (χ2n) is 6.32. The molecular formula is C17H28N4O. The smallest absolute Gasteiger partial charge is 0.241 e. The zero-order valence-electron chi connectivity index (χ0n) is 13.9. The van der Waals surface area contributed by atoms with Crippen LogP contribution in [0.3, 0.4) is 0 Å². The molecule has 1 saturated heterocycles. The van der Waals surface area contributed by atoms with Gasteiger partial charge in [0.1, 0.15) is 6.04 Å². The van der Waals surface area contributed by atoms with Crippen LogP contribution in [0.5, 0.6) is 0 Å². The molecule has 1 heterocycles. The third kappa shape index (κ3) is 4.53. The molecule has 5 heteroatoms. The van der Waals surface area contributed by atoms with E-state index in [0.29, 0.717) is 12.6 Å². The zero-order chi connectivity index (χ0) is 16.1. The number of nitrogens with two attached hydrogens (primary N) is 1. The van der Waals surface area contributed by atoms with Gasteiger partial charge in [0.2, 0.25) is 5.91 Å². The predicted octanol–water partition coefficient (Wildman–Crippen LogP) is 0.747. The molecule has 1 amide bonds. The highest BCUT2D eigenvalue weighted by molar-refractivity contribution is 5.82. The van der Waals surface area contributed by atoms with Crippen LogP contribution >= 0.6 is 0 Å². The number of rotatable bonds is 5. The van der Waals surface area contributed by atoms with Gasteiger partial charge in [0.15, 0.2) is 0 Å². The maximum atomic E-state index is 12.2. The van der Waals surface area contributed by atoms with Crippen LogP contribution in [0.1, 0.15) is 24.1 Å². The van der Waals surface area contributed by atoms with E-state index in [9.17, 15) is 4.79 Å². The molecule has 0 radical (unpaired) electrons. The predicted molar refractivity (Wildman–Crippen MR) is 89.6 cm³/mol. The lowest BCUT2D eigenvalue weighted by molar-refractivity contribution is -0.122. The van der Waals surface area contributed by atoms with Crippen molar-refractivity contribution in [1.82, 2.24) is 15.1 Å². The number of nitrogens with one attached hydrogen (secondary N) is 1. The Morgan fingerprint density at radius 2 is 1.82 bits per heavy atom. The molecule has 122 valence electrons. The highest BCUT2D eigenvalue weighted by Gasteiger charge is 2.21. The van der Waals surface area contributed by atoms with Crippen LogP contribution in [0.2, 0.25) is 0 Å². The first-order chi connectivity index (χ1) is 10.5. The normalized spacial score (nSPS) is 19.6. The summed E-state index contributed by atoms with van der Waals surface area (Å²) >= 11 is 0. The van der Waals surface area contributed by atoms with Crippen LogP contribution in [0.15, 0.2) is 24.3 Å². The Kier molecular flexibility index (Phi) is 5.94. The number of nitrogens with zero attached hydrogens (tertiary/aromatic N) is 2. The summed E-state index contributed by atoms with van der Waals surface area (Å²) in [6.45, 7) is 9.09. The van der Waals surface area contributed by atoms with E-state index in [1.807, 2.05) is 31.2 Å². The van der Waals surface area contributed by atoms with Gasteiger partial charge in [-0.2, -0.15) is 0 Å². The van der Waals surface area contributed by atoms with Gasteiger partial charge in [-0.25, -0.2) is 0 Å². The molecule has 1 fully saturated rings. The number of hydrogen-bond acceptors (Lipinski definition) is 4. The summed E-state index contributed by atoms with van der Waals surface area (Å²) in [5, 5.41) is 2.98. The number of carbonyl (C=O) groups excluding carboxylic acids is 1. The minimum atomic E-state index is -0.597. The van der Waals surface area contributed by atoms with E-state index >= 15 is 0 Å². The Morgan fingerprint density at radius 3 is 2.41 bits per heavy atom. The van der Waals surface area contributed by atoms with E-state index in [4.69, 9.17) is 5.73 Å². The van der Waals surface area contributed by atoms with Gasteiger partial charge in [0, 0.05) is 38.8 Å². The van der Waals surface area contributed by atoms with Crippen LogP contribution < -0.4 is 11.1 Å². The molecule has 22 heavy (non-hydrogen) atoms. The van der Waals surface area contributed by atoms with Crippen molar-refractivity contribution < 1.29 is 4.79 Å². The molecule has 0 spiro atoms. The van der Waals surface area contributed by atoms with Crippen LogP contribution in [0.4, 0.5) is 0 Å². The average Bonchev–Trinajstić information content (AvgIpc) is 2.53. The van der Waals surface area contributed by atoms with Gasteiger partial charge in [0.05, 0.1) is 0 Å². The number of aryl methyl sites for hydroxylation is 1. The summed E-state index contributed by atoms with van der Waals surface area (Å²) in [6.07, 6.45) is 0. The van der Waals surface area contributed by atoms with Crippen molar-refractivity contribution in [3.8, 4) is 0 Å². The van der Waals surface area contributed by atoms with Crippen LogP contribution in [0, 0.1) is 6.92 Å². The quantitative estimate of drug-likeness (QED) is 0.842. The maximum Gasteiger partial charge on any atom is 0.241 e. The molecule has 3 N–H and O–H groups in total. The first kappa shape index (κ1) is 16.9. The molecule has 2 atom stereocenters. The van der Waals surface area contributed by atoms with Crippen molar-refractivity contribution in [2.75, 3.05) is 39.8 Å². The Balaban J connectivity index is 1.80. The van der Waals surface area contributed by atoms with Crippen LogP contribution in [-0.4, -0.2) is 61.5 Å². The number of piperazine rings is 1. The lowest BCUT2D eigenvalue weighted by atomic mass is 10.1. The Bertz CT molecular complexity index is 480. The average molecular weight is 304 g/mol. The zero-order valence-corrected chi connectivity index (χ0v) is 13.9. The summed E-state index contributed by atoms with van der Waals surface area (Å²) in [4.78, 5) is 16.9. The molecule has 2 unspecified atom stereocenters. The Morgan fingerprint density at radius 1 is 1.23 bits per heavy atom. The fraction of sp³-hybridized carbons (Fsp3) is 0.588. The molecular weight excluding hydrogens is 276 g/mol. The summed E-state index contributed by atoms with van der Waals surface area (Å²) in [6, 6.07) is 7.54. The summed E-state index contributed by atoms with van der Waals surface area (Å²) in [5.41, 5.74) is 8.06. The standard InChI is InChI=1S/C17H28N4O/c1-13-4-6-15(7-5-13)16(18)17(22)19-12-14(2)21-10-8-20(3)9-11-21/h4-7,14,16H,8-12,18H2,1-3H3,(H,19,22). The van der Waals surface area contributed by atoms with Crippen molar-refractivity contribution in [2.45, 2.75) is 25.9 Å². The van der Waals surface area contributed by atoms with E-state index in [0.717, 1.165) is 31.7 Å². The molecule has 0 saturated carbocycles. The van der Waals surface area contributed by atoms with Crippen molar-refractivity contribution in [1.29, 1.82) is 0 Å². The molecule has 1 aliphatic rings. The number of carbonyl (C=O) groups is 1. The van der Waals surface area contributed by atoms with Gasteiger partial charge in [-0.1, -0.05) is 29.8 Å². The fourth-order valence-corrected chi connectivity index (χ4v) is 2.68. The largest absolute Gasteiger partial charge is 0.353 e. The van der Waals surface area contributed by atoms with Gasteiger partial charge < -0.3 is 16.0 Å². The topological polar surface area (TPSA) is 61.6 Å². The van der Waals surface area contributed by atoms with Crippen molar-refractivity contribution >= 4 is 5.91 Å². The first-order valence-corrected chi connectivity index (χ1v) is 8.00. The second kappa shape index (κ2) is 7.72.